The van der Waals surface area contributed by atoms with E-state index in [0.29, 0.717) is 10.6 Å². The van der Waals surface area contributed by atoms with Crippen LogP contribution in [0.15, 0.2) is 34.4 Å². The maximum atomic E-state index is 11.4. The number of nitrogens with zero attached hydrogens (tertiary/aromatic N) is 3. The zero-order valence-electron chi connectivity index (χ0n) is 8.04. The smallest absolute Gasteiger partial charge is 0.290 e. The van der Waals surface area contributed by atoms with Gasteiger partial charge in [-0.25, -0.2) is 4.99 Å². The van der Waals surface area contributed by atoms with Crippen LogP contribution in [0.2, 0.25) is 0 Å². The van der Waals surface area contributed by atoms with E-state index in [2.05, 4.69) is 15.4 Å². The van der Waals surface area contributed by atoms with E-state index in [1.54, 1.807) is 24.3 Å². The molecule has 2 aliphatic rings. The molecule has 1 amide bonds. The Bertz CT molecular complexity index is 445. The van der Waals surface area contributed by atoms with E-state index in [0.717, 1.165) is 0 Å². The Kier molecular flexibility index (Phi) is 2.24. The van der Waals surface area contributed by atoms with E-state index in [1.807, 2.05) is 0 Å². The summed E-state index contributed by atoms with van der Waals surface area (Å²) in [6, 6.07) is -0.479. The van der Waals surface area contributed by atoms with Crippen molar-refractivity contribution in [3.05, 3.63) is 29.2 Å². The first-order valence-corrected chi connectivity index (χ1v) is 4.43. The van der Waals surface area contributed by atoms with Gasteiger partial charge in [0.1, 0.15) is 5.71 Å². The number of rotatable bonds is 0. The monoisotopic (exact) mass is 205 g/mol. The Hall–Kier alpha value is -2.11. The quantitative estimate of drug-likeness (QED) is 0.570. The highest BCUT2D eigenvalue weighted by molar-refractivity contribution is 6.10. The highest BCUT2D eigenvalue weighted by Crippen LogP contribution is 2.10. The Morgan fingerprint density at radius 2 is 2.33 bits per heavy atom. The highest BCUT2D eigenvalue weighted by atomic mass is 16.3. The van der Waals surface area contributed by atoms with Gasteiger partial charge in [-0.1, -0.05) is 12.2 Å². The zero-order chi connectivity index (χ0) is 10.8. The molecule has 0 bridgehead atoms. The van der Waals surface area contributed by atoms with E-state index in [1.165, 1.54) is 6.92 Å². The number of guanidine groups is 1. The Labute approximate surface area is 85.6 Å². The van der Waals surface area contributed by atoms with Gasteiger partial charge in [-0.3, -0.25) is 10.1 Å². The molecular formula is C9H9N4O2+. The summed E-state index contributed by atoms with van der Waals surface area (Å²) in [5.41, 5.74) is 0.575. The Morgan fingerprint density at radius 3 is 3.07 bits per heavy atom. The maximum absolute atomic E-state index is 11.4. The van der Waals surface area contributed by atoms with Crippen LogP contribution in [0.3, 0.4) is 0 Å². The van der Waals surface area contributed by atoms with Gasteiger partial charge in [-0.05, 0) is 12.2 Å². The molecular weight excluding hydrogens is 196 g/mol. The largest absolute Gasteiger partial charge is 0.300 e. The van der Waals surface area contributed by atoms with Gasteiger partial charge in [0.15, 0.2) is 4.87 Å². The second-order valence-corrected chi connectivity index (χ2v) is 3.13. The van der Waals surface area contributed by atoms with Gasteiger partial charge in [-0.15, -0.1) is 0 Å². The van der Waals surface area contributed by atoms with Crippen molar-refractivity contribution in [2.45, 2.75) is 13.0 Å². The SMILES string of the molecule is CC(=O)NC1=N[N+](=O)C2C=CC=CC2=N1. The first-order chi connectivity index (χ1) is 7.16. The van der Waals surface area contributed by atoms with Gasteiger partial charge in [0.05, 0.1) is 10.0 Å². The third-order valence-electron chi connectivity index (χ3n) is 1.93. The molecule has 1 aliphatic carbocycles. The molecule has 76 valence electrons. The molecule has 15 heavy (non-hydrogen) atoms. The number of carbonyl (C=O) groups is 1. The molecule has 0 radical (unpaired) electrons. The number of hydrazone groups is 1. The third-order valence-corrected chi connectivity index (χ3v) is 1.93. The maximum Gasteiger partial charge on any atom is 0.300 e. The summed E-state index contributed by atoms with van der Waals surface area (Å²) in [7, 11) is 0. The van der Waals surface area contributed by atoms with Crippen LogP contribution in [-0.2, 0) is 4.79 Å². The summed E-state index contributed by atoms with van der Waals surface area (Å²) in [4.78, 5) is 26.8. The first-order valence-electron chi connectivity index (χ1n) is 4.43. The summed E-state index contributed by atoms with van der Waals surface area (Å²) in [6.07, 6.45) is 6.94. The van der Waals surface area contributed by atoms with Crippen LogP contribution in [0.1, 0.15) is 6.92 Å². The summed E-state index contributed by atoms with van der Waals surface area (Å²) < 4.78 is 0. The van der Waals surface area contributed by atoms with Crippen molar-refractivity contribution < 1.29 is 9.66 Å². The lowest BCUT2D eigenvalue weighted by Crippen LogP contribution is -2.38. The van der Waals surface area contributed by atoms with E-state index < -0.39 is 6.04 Å². The molecule has 1 atom stereocenters. The van der Waals surface area contributed by atoms with Crippen molar-refractivity contribution in [1.29, 1.82) is 0 Å². The summed E-state index contributed by atoms with van der Waals surface area (Å²) in [5, 5.41) is 5.97. The number of fused-ring (bicyclic) bond motifs is 1. The Morgan fingerprint density at radius 1 is 1.53 bits per heavy atom. The van der Waals surface area contributed by atoms with Crippen molar-refractivity contribution in [3.8, 4) is 0 Å². The minimum atomic E-state index is -0.479. The molecule has 0 aromatic carbocycles. The number of allylic oxidation sites excluding steroid dienone is 2. The average molecular weight is 205 g/mol. The van der Waals surface area contributed by atoms with E-state index >= 15 is 0 Å². The molecule has 1 N–H and O–H groups in total. The lowest BCUT2D eigenvalue weighted by atomic mass is 10.1. The van der Waals surface area contributed by atoms with E-state index in [4.69, 9.17) is 0 Å². The van der Waals surface area contributed by atoms with Gasteiger partial charge in [0.2, 0.25) is 5.91 Å². The number of hydrogen-bond acceptors (Lipinski definition) is 3. The molecule has 0 fully saturated rings. The number of aliphatic imine (C=N–C) groups is 1. The van der Waals surface area contributed by atoms with Crippen LogP contribution in [-0.4, -0.2) is 28.5 Å². The topological polar surface area (TPSA) is 73.9 Å². The predicted octanol–water partition coefficient (Wildman–Crippen LogP) is 0.122. The van der Waals surface area contributed by atoms with Crippen LogP contribution in [0, 0.1) is 4.91 Å². The minimum absolute atomic E-state index is 0.0312. The summed E-state index contributed by atoms with van der Waals surface area (Å²) in [5.74, 6) is -0.274. The van der Waals surface area contributed by atoms with Crippen molar-refractivity contribution in [3.63, 3.8) is 0 Å². The van der Waals surface area contributed by atoms with Crippen LogP contribution in [0.5, 0.6) is 0 Å². The molecule has 1 heterocycles. The lowest BCUT2D eigenvalue weighted by molar-refractivity contribution is -0.565. The normalized spacial score (nSPS) is 23.0. The van der Waals surface area contributed by atoms with Crippen molar-refractivity contribution in [2.75, 3.05) is 0 Å². The third kappa shape index (κ3) is 1.88. The van der Waals surface area contributed by atoms with Gasteiger partial charge in [-0.2, -0.15) is 0 Å². The molecule has 1 aliphatic heterocycles. The standard InChI is InChI=1S/C9H8N4O2/c1-6(14)10-9-11-7-4-2-3-5-8(7)13(15)12-9/h2-5,8H,1H3/p+1. The lowest BCUT2D eigenvalue weighted by Gasteiger charge is -2.10. The van der Waals surface area contributed by atoms with Gasteiger partial charge < -0.3 is 0 Å². The molecule has 0 aromatic heterocycles. The van der Waals surface area contributed by atoms with Gasteiger partial charge in [0.25, 0.3) is 12.0 Å². The van der Waals surface area contributed by atoms with Crippen LogP contribution in [0.25, 0.3) is 0 Å². The van der Waals surface area contributed by atoms with Crippen molar-refractivity contribution >= 4 is 17.6 Å². The van der Waals surface area contributed by atoms with Crippen molar-refractivity contribution in [1.82, 2.24) is 5.32 Å². The number of nitrogens with one attached hydrogen (secondary N) is 1. The van der Waals surface area contributed by atoms with Crippen molar-refractivity contribution in [2.24, 2.45) is 10.1 Å². The molecule has 6 nitrogen and oxygen atoms in total. The van der Waals surface area contributed by atoms with Crippen LogP contribution in [0.4, 0.5) is 0 Å². The van der Waals surface area contributed by atoms with Crippen LogP contribution < -0.4 is 5.32 Å². The number of amides is 1. The summed E-state index contributed by atoms with van der Waals surface area (Å²) in [6.45, 7) is 1.33. The number of carbonyl (C=O) groups excluding carboxylic acids is 1. The van der Waals surface area contributed by atoms with Gasteiger partial charge >= 0.3 is 0 Å². The average Bonchev–Trinajstić information content (AvgIpc) is 2.16. The van der Waals surface area contributed by atoms with E-state index in [-0.39, 0.29) is 11.9 Å². The zero-order valence-corrected chi connectivity index (χ0v) is 8.04. The second-order valence-electron chi connectivity index (χ2n) is 3.13. The molecule has 1 unspecified atom stereocenters. The Balaban J connectivity index is 2.29. The molecule has 0 saturated heterocycles. The fraction of sp³-hybridized carbons (Fsp3) is 0.222. The number of hydrogen-bond donors (Lipinski definition) is 1. The number of nitroso groups, excluding NO2 is 1. The molecule has 0 spiro atoms. The summed E-state index contributed by atoms with van der Waals surface area (Å²) >= 11 is 0. The molecule has 0 saturated carbocycles. The van der Waals surface area contributed by atoms with E-state index in [9.17, 15) is 9.70 Å². The molecule has 6 heteroatoms. The molecule has 0 aromatic rings. The highest BCUT2D eigenvalue weighted by Gasteiger charge is 2.34. The molecule has 2 rings (SSSR count). The fourth-order valence-corrected chi connectivity index (χ4v) is 1.32. The fourth-order valence-electron chi connectivity index (χ4n) is 1.32. The second kappa shape index (κ2) is 3.56. The first kappa shape index (κ1) is 9.45. The minimum Gasteiger partial charge on any atom is -0.290 e. The predicted molar refractivity (Wildman–Crippen MR) is 54.4 cm³/mol. The van der Waals surface area contributed by atoms with Crippen LogP contribution >= 0.6 is 0 Å². The van der Waals surface area contributed by atoms with Gasteiger partial charge in [0, 0.05) is 6.92 Å².